The molecule has 2 rings (SSSR count). The Kier molecular flexibility index (Phi) is 1.89. The fraction of sp³-hybridized carbons (Fsp3) is 0.182. The lowest BCUT2D eigenvalue weighted by Crippen LogP contribution is -2.36. The summed E-state index contributed by atoms with van der Waals surface area (Å²) in [5.41, 5.74) is -0.524. The summed E-state index contributed by atoms with van der Waals surface area (Å²) in [6, 6.07) is 6.98. The molecule has 3 heteroatoms. The van der Waals surface area contributed by atoms with Crippen molar-refractivity contribution in [1.29, 1.82) is 0 Å². The van der Waals surface area contributed by atoms with Crippen molar-refractivity contribution in [3.05, 3.63) is 41.5 Å². The van der Waals surface area contributed by atoms with Gasteiger partial charge in [-0.25, -0.2) is 4.79 Å². The molecule has 0 aromatic heterocycles. The first-order valence-corrected chi connectivity index (χ1v) is 4.36. The van der Waals surface area contributed by atoms with Crippen LogP contribution in [0.15, 0.2) is 30.3 Å². The van der Waals surface area contributed by atoms with E-state index < -0.39 is 11.6 Å². The van der Waals surface area contributed by atoms with E-state index in [4.69, 9.17) is 5.11 Å². The lowest BCUT2D eigenvalue weighted by molar-refractivity contribution is -0.159. The Morgan fingerprint density at radius 3 is 2.79 bits per heavy atom. The molecule has 0 saturated carbocycles. The predicted octanol–water partition coefficient (Wildman–Crippen LogP) is 1.38. The number of aliphatic hydroxyl groups is 1. The van der Waals surface area contributed by atoms with Crippen molar-refractivity contribution in [2.24, 2.45) is 0 Å². The van der Waals surface area contributed by atoms with Crippen LogP contribution in [0.5, 0.6) is 0 Å². The van der Waals surface area contributed by atoms with Crippen LogP contribution < -0.4 is 0 Å². The van der Waals surface area contributed by atoms with Gasteiger partial charge in [0.25, 0.3) is 0 Å². The van der Waals surface area contributed by atoms with Crippen LogP contribution in [0.25, 0.3) is 6.08 Å². The van der Waals surface area contributed by atoms with E-state index in [-0.39, 0.29) is 6.42 Å². The summed E-state index contributed by atoms with van der Waals surface area (Å²) in [6.45, 7) is 0. The largest absolute Gasteiger partial charge is 0.479 e. The van der Waals surface area contributed by atoms with Crippen molar-refractivity contribution < 1.29 is 15.0 Å². The van der Waals surface area contributed by atoms with Gasteiger partial charge >= 0.3 is 5.97 Å². The van der Waals surface area contributed by atoms with E-state index in [1.807, 2.05) is 12.1 Å². The number of carboxylic acids is 1. The molecule has 14 heavy (non-hydrogen) atoms. The average Bonchev–Trinajstić information content (AvgIpc) is 2.18. The second kappa shape index (κ2) is 2.96. The molecular weight excluding hydrogens is 180 g/mol. The Morgan fingerprint density at radius 1 is 1.36 bits per heavy atom. The first-order valence-electron chi connectivity index (χ1n) is 4.36. The molecular formula is C11H10O3. The van der Waals surface area contributed by atoms with Crippen molar-refractivity contribution in [2.75, 3.05) is 0 Å². The number of hydrogen-bond acceptors (Lipinski definition) is 2. The van der Waals surface area contributed by atoms with Gasteiger partial charge in [0.1, 0.15) is 0 Å². The monoisotopic (exact) mass is 190 g/mol. The zero-order valence-corrected chi connectivity index (χ0v) is 7.47. The highest BCUT2D eigenvalue weighted by Gasteiger charge is 2.39. The minimum absolute atomic E-state index is 0.124. The van der Waals surface area contributed by atoms with E-state index in [1.165, 1.54) is 0 Å². The van der Waals surface area contributed by atoms with E-state index >= 15 is 0 Å². The maximum Gasteiger partial charge on any atom is 0.340 e. The Bertz CT molecular complexity index is 409. The second-order valence-corrected chi connectivity index (χ2v) is 3.36. The molecule has 1 aliphatic rings. The molecule has 1 unspecified atom stereocenters. The smallest absolute Gasteiger partial charge is 0.340 e. The zero-order valence-electron chi connectivity index (χ0n) is 7.47. The Hall–Kier alpha value is -1.61. The van der Waals surface area contributed by atoms with Crippen molar-refractivity contribution in [1.82, 2.24) is 0 Å². The van der Waals surface area contributed by atoms with Crippen molar-refractivity contribution >= 4 is 12.0 Å². The Labute approximate surface area is 81.3 Å². The molecule has 0 saturated heterocycles. The molecule has 0 aliphatic heterocycles. The number of carboxylic acid groups (broad SMARTS) is 1. The highest BCUT2D eigenvalue weighted by atomic mass is 16.4. The van der Waals surface area contributed by atoms with Crippen molar-refractivity contribution in [3.8, 4) is 0 Å². The molecule has 0 fully saturated rings. The van der Waals surface area contributed by atoms with E-state index in [2.05, 4.69) is 0 Å². The summed E-state index contributed by atoms with van der Waals surface area (Å²) >= 11 is 0. The Balaban J connectivity index is 2.61. The van der Waals surface area contributed by atoms with Gasteiger partial charge in [0.2, 0.25) is 0 Å². The first kappa shape index (κ1) is 8.97. The molecule has 2 N–H and O–H groups in total. The third-order valence-electron chi connectivity index (χ3n) is 2.47. The third-order valence-corrected chi connectivity index (χ3v) is 2.47. The van der Waals surface area contributed by atoms with Gasteiger partial charge in [-0.15, -0.1) is 0 Å². The quantitative estimate of drug-likeness (QED) is 0.703. The molecule has 0 radical (unpaired) electrons. The number of carbonyl (C=O) groups is 1. The SMILES string of the molecule is O=C(O)C1(O)CC=Cc2ccccc21. The third kappa shape index (κ3) is 1.14. The van der Waals surface area contributed by atoms with Crippen LogP contribution in [0.4, 0.5) is 0 Å². The second-order valence-electron chi connectivity index (χ2n) is 3.36. The van der Waals surface area contributed by atoms with Gasteiger partial charge in [-0.2, -0.15) is 0 Å². The summed E-state index contributed by atoms with van der Waals surface area (Å²) in [5.74, 6) is -1.20. The summed E-state index contributed by atoms with van der Waals surface area (Å²) in [7, 11) is 0. The normalized spacial score (nSPS) is 24.4. The fourth-order valence-electron chi connectivity index (χ4n) is 1.69. The van der Waals surface area contributed by atoms with Crippen LogP contribution in [0, 0.1) is 0 Å². The summed E-state index contributed by atoms with van der Waals surface area (Å²) < 4.78 is 0. The van der Waals surface area contributed by atoms with Crippen LogP contribution in [-0.2, 0) is 10.4 Å². The number of aliphatic carboxylic acids is 1. The van der Waals surface area contributed by atoms with E-state index in [0.29, 0.717) is 5.56 Å². The van der Waals surface area contributed by atoms with Gasteiger partial charge < -0.3 is 10.2 Å². The van der Waals surface area contributed by atoms with Crippen molar-refractivity contribution in [2.45, 2.75) is 12.0 Å². The summed E-state index contributed by atoms with van der Waals surface area (Å²) in [4.78, 5) is 11.0. The zero-order chi connectivity index (χ0) is 10.2. The molecule has 0 spiro atoms. The lowest BCUT2D eigenvalue weighted by Gasteiger charge is -2.27. The Morgan fingerprint density at radius 2 is 2.07 bits per heavy atom. The lowest BCUT2D eigenvalue weighted by atomic mass is 9.83. The highest BCUT2D eigenvalue weighted by molar-refractivity contribution is 5.82. The molecule has 0 bridgehead atoms. The molecule has 1 aromatic rings. The van der Waals surface area contributed by atoms with Crippen LogP contribution in [0.3, 0.4) is 0 Å². The summed E-state index contributed by atoms with van der Waals surface area (Å²) in [6.07, 6.45) is 3.63. The molecule has 1 atom stereocenters. The predicted molar refractivity (Wildman–Crippen MR) is 51.6 cm³/mol. The van der Waals surface area contributed by atoms with Crippen LogP contribution in [0.1, 0.15) is 17.5 Å². The van der Waals surface area contributed by atoms with E-state index in [1.54, 1.807) is 24.3 Å². The summed E-state index contributed by atoms with van der Waals surface area (Å²) in [5, 5.41) is 18.9. The first-order chi connectivity index (χ1) is 6.64. The molecule has 72 valence electrons. The van der Waals surface area contributed by atoms with Gasteiger partial charge in [-0.1, -0.05) is 36.4 Å². The highest BCUT2D eigenvalue weighted by Crippen LogP contribution is 2.33. The van der Waals surface area contributed by atoms with Crippen LogP contribution in [0.2, 0.25) is 0 Å². The average molecular weight is 190 g/mol. The van der Waals surface area contributed by atoms with Gasteiger partial charge in [0.05, 0.1) is 0 Å². The van der Waals surface area contributed by atoms with E-state index in [0.717, 1.165) is 5.56 Å². The maximum absolute atomic E-state index is 11.0. The van der Waals surface area contributed by atoms with Gasteiger partial charge in [0.15, 0.2) is 5.60 Å². The van der Waals surface area contributed by atoms with Crippen molar-refractivity contribution in [3.63, 3.8) is 0 Å². The minimum Gasteiger partial charge on any atom is -0.479 e. The fourth-order valence-corrected chi connectivity index (χ4v) is 1.69. The van der Waals surface area contributed by atoms with Gasteiger partial charge in [0, 0.05) is 12.0 Å². The molecule has 1 aromatic carbocycles. The molecule has 0 heterocycles. The van der Waals surface area contributed by atoms with E-state index in [9.17, 15) is 9.90 Å². The number of hydrogen-bond donors (Lipinski definition) is 2. The van der Waals surface area contributed by atoms with Crippen LogP contribution >= 0.6 is 0 Å². The van der Waals surface area contributed by atoms with Crippen LogP contribution in [-0.4, -0.2) is 16.2 Å². The standard InChI is InChI=1S/C11H10O3/c12-10(13)11(14)7-3-5-8-4-1-2-6-9(8)11/h1-6,14H,7H2,(H,12,13). The topological polar surface area (TPSA) is 57.5 Å². The number of rotatable bonds is 1. The number of fused-ring (bicyclic) bond motifs is 1. The van der Waals surface area contributed by atoms with Gasteiger partial charge in [-0.05, 0) is 5.56 Å². The van der Waals surface area contributed by atoms with Gasteiger partial charge in [-0.3, -0.25) is 0 Å². The number of benzene rings is 1. The molecule has 0 amide bonds. The molecule has 1 aliphatic carbocycles. The minimum atomic E-state index is -1.76. The maximum atomic E-state index is 11.0. The molecule has 3 nitrogen and oxygen atoms in total.